The third kappa shape index (κ3) is 3.26. The lowest BCUT2D eigenvalue weighted by molar-refractivity contribution is 0.0846. The maximum Gasteiger partial charge on any atom is 0.319 e. The van der Waals surface area contributed by atoms with Gasteiger partial charge in [0, 0.05) is 25.9 Å². The lowest BCUT2D eigenvalue weighted by Crippen LogP contribution is -2.47. The molecule has 4 aliphatic heterocycles. The number of hydrogen-bond acceptors (Lipinski definition) is 8. The molecule has 1 unspecified atom stereocenters. The van der Waals surface area contributed by atoms with Crippen LogP contribution in [-0.4, -0.2) is 83.7 Å². The average Bonchev–Trinajstić information content (AvgIpc) is 3.30. The highest BCUT2D eigenvalue weighted by Gasteiger charge is 2.49. The molecule has 0 aromatic carbocycles. The molecule has 0 amide bonds. The monoisotopic (exact) mass is 467 g/mol. The van der Waals surface area contributed by atoms with Crippen LogP contribution < -0.4 is 14.4 Å². The van der Waals surface area contributed by atoms with Gasteiger partial charge in [0.05, 0.1) is 31.4 Å². The van der Waals surface area contributed by atoms with E-state index in [9.17, 15) is 4.39 Å². The Morgan fingerprint density at radius 2 is 2.12 bits per heavy atom. The Kier molecular flexibility index (Phi) is 5.00. The Morgan fingerprint density at radius 3 is 3.03 bits per heavy atom. The van der Waals surface area contributed by atoms with Crippen molar-refractivity contribution in [2.75, 3.05) is 51.0 Å². The maximum atomic E-state index is 15.1. The van der Waals surface area contributed by atoms with E-state index in [2.05, 4.69) is 24.8 Å². The molecular weight excluding hydrogens is 444 g/mol. The second-order valence-electron chi connectivity index (χ2n) is 9.00. The van der Waals surface area contributed by atoms with Gasteiger partial charge in [-0.15, -0.1) is 0 Å². The molecule has 2 aromatic heterocycles. The van der Waals surface area contributed by atoms with E-state index in [1.165, 1.54) is 0 Å². The molecule has 172 valence electrons. The minimum atomic E-state index is -0.860. The fourth-order valence-corrected chi connectivity index (χ4v) is 5.73. The standard InChI is InChI=1S/C21H24ClF2N5O3/c22-17-15(24)16-14-18(29-5-7-30-10-13(29)2-6-31-19(14)26-17)27-20(25-16)32-11-21-3-1-4-28(21)9-12(23)8-21/h12-13H,1-11H2/t12-,13?,21+/m1/s1. The van der Waals surface area contributed by atoms with Crippen molar-refractivity contribution in [3.63, 3.8) is 0 Å². The number of pyridine rings is 1. The molecule has 0 saturated carbocycles. The van der Waals surface area contributed by atoms with Crippen LogP contribution in [-0.2, 0) is 4.74 Å². The highest BCUT2D eigenvalue weighted by Crippen LogP contribution is 2.42. The minimum Gasteiger partial charge on any atom is -0.477 e. The van der Waals surface area contributed by atoms with E-state index >= 15 is 4.39 Å². The second-order valence-corrected chi connectivity index (χ2v) is 9.36. The molecule has 3 atom stereocenters. The molecule has 0 radical (unpaired) electrons. The predicted molar refractivity (Wildman–Crippen MR) is 113 cm³/mol. The third-order valence-electron chi connectivity index (χ3n) is 7.09. The quantitative estimate of drug-likeness (QED) is 0.638. The van der Waals surface area contributed by atoms with Crippen LogP contribution in [0.2, 0.25) is 5.15 Å². The Hall–Kier alpha value is -2.04. The first-order valence-corrected chi connectivity index (χ1v) is 11.5. The van der Waals surface area contributed by atoms with E-state index < -0.39 is 12.0 Å². The number of aromatic nitrogens is 3. The summed E-state index contributed by atoms with van der Waals surface area (Å²) in [5, 5.41) is 0.0787. The summed E-state index contributed by atoms with van der Waals surface area (Å²) >= 11 is 6.05. The SMILES string of the molecule is Fc1c(Cl)nc2c3c(nc(OC[C@@]45CCCN4C[C@H](F)C5)nc13)N1CCOCC1CCO2. The summed E-state index contributed by atoms with van der Waals surface area (Å²) < 4.78 is 46.7. The fraction of sp³-hybridized carbons (Fsp3) is 0.667. The number of ether oxygens (including phenoxy) is 3. The van der Waals surface area contributed by atoms with Gasteiger partial charge in [-0.25, -0.2) is 8.78 Å². The van der Waals surface area contributed by atoms with Gasteiger partial charge in [0.15, 0.2) is 11.0 Å². The molecule has 0 spiro atoms. The van der Waals surface area contributed by atoms with Crippen molar-refractivity contribution in [2.45, 2.75) is 43.4 Å². The second kappa shape index (κ2) is 7.78. The number of alkyl halides is 1. The maximum absolute atomic E-state index is 15.1. The molecule has 32 heavy (non-hydrogen) atoms. The van der Waals surface area contributed by atoms with Crippen molar-refractivity contribution in [1.82, 2.24) is 19.9 Å². The largest absolute Gasteiger partial charge is 0.477 e. The van der Waals surface area contributed by atoms with Gasteiger partial charge < -0.3 is 19.1 Å². The molecule has 8 nitrogen and oxygen atoms in total. The van der Waals surface area contributed by atoms with Crippen molar-refractivity contribution < 1.29 is 23.0 Å². The molecule has 6 heterocycles. The average molecular weight is 468 g/mol. The lowest BCUT2D eigenvalue weighted by Gasteiger charge is -2.38. The Labute approximate surface area is 188 Å². The van der Waals surface area contributed by atoms with Crippen molar-refractivity contribution in [2.24, 2.45) is 0 Å². The summed E-state index contributed by atoms with van der Waals surface area (Å²) in [7, 11) is 0. The van der Waals surface area contributed by atoms with Crippen molar-refractivity contribution >= 4 is 28.3 Å². The molecule has 0 bridgehead atoms. The van der Waals surface area contributed by atoms with E-state index in [-0.39, 0.29) is 40.7 Å². The highest BCUT2D eigenvalue weighted by molar-refractivity contribution is 6.30. The molecule has 6 rings (SSSR count). The number of anilines is 1. The van der Waals surface area contributed by atoms with E-state index in [1.807, 2.05) is 0 Å². The first-order valence-electron chi connectivity index (χ1n) is 11.1. The summed E-state index contributed by atoms with van der Waals surface area (Å²) in [6.07, 6.45) is 2.14. The zero-order valence-corrected chi connectivity index (χ0v) is 18.3. The predicted octanol–water partition coefficient (Wildman–Crippen LogP) is 2.76. The summed E-state index contributed by atoms with van der Waals surface area (Å²) in [6.45, 7) is 3.61. The smallest absolute Gasteiger partial charge is 0.319 e. The van der Waals surface area contributed by atoms with Crippen molar-refractivity contribution in [3.8, 4) is 11.9 Å². The van der Waals surface area contributed by atoms with Crippen LogP contribution in [0.3, 0.4) is 0 Å². The molecular formula is C21H24ClF2N5O3. The molecule has 4 aliphatic rings. The van der Waals surface area contributed by atoms with Gasteiger partial charge in [0.2, 0.25) is 5.88 Å². The zero-order chi connectivity index (χ0) is 21.9. The van der Waals surface area contributed by atoms with Crippen LogP contribution >= 0.6 is 11.6 Å². The van der Waals surface area contributed by atoms with Crippen LogP contribution in [0.25, 0.3) is 10.9 Å². The number of nitrogens with zero attached hydrogens (tertiary/aromatic N) is 5. The Balaban J connectivity index is 1.43. The number of rotatable bonds is 3. The summed E-state index contributed by atoms with van der Waals surface area (Å²) in [5.41, 5.74) is -0.337. The number of fused-ring (bicyclic) bond motifs is 3. The molecule has 2 aromatic rings. The molecule has 0 N–H and O–H groups in total. The van der Waals surface area contributed by atoms with Gasteiger partial charge in [-0.05, 0) is 19.4 Å². The number of halogens is 3. The van der Waals surface area contributed by atoms with Gasteiger partial charge in [-0.1, -0.05) is 11.6 Å². The normalized spacial score (nSPS) is 29.9. The third-order valence-corrected chi connectivity index (χ3v) is 7.34. The molecule has 0 aliphatic carbocycles. The summed E-state index contributed by atoms with van der Waals surface area (Å²) in [6, 6.07) is 0.0848. The van der Waals surface area contributed by atoms with Crippen LogP contribution in [0.4, 0.5) is 14.6 Å². The first-order chi connectivity index (χ1) is 15.5. The van der Waals surface area contributed by atoms with E-state index in [0.29, 0.717) is 57.0 Å². The highest BCUT2D eigenvalue weighted by atomic mass is 35.5. The Bertz CT molecular complexity index is 1060. The van der Waals surface area contributed by atoms with Gasteiger partial charge in [-0.2, -0.15) is 15.0 Å². The first kappa shape index (κ1) is 20.6. The van der Waals surface area contributed by atoms with Gasteiger partial charge >= 0.3 is 6.01 Å². The van der Waals surface area contributed by atoms with Crippen LogP contribution in [0.5, 0.6) is 11.9 Å². The lowest BCUT2D eigenvalue weighted by atomic mass is 9.95. The summed E-state index contributed by atoms with van der Waals surface area (Å²) in [5.74, 6) is -0.0144. The van der Waals surface area contributed by atoms with Gasteiger partial charge in [0.1, 0.15) is 29.5 Å². The molecule has 11 heteroatoms. The van der Waals surface area contributed by atoms with Crippen LogP contribution in [0.15, 0.2) is 0 Å². The van der Waals surface area contributed by atoms with Crippen molar-refractivity contribution in [3.05, 3.63) is 11.0 Å². The van der Waals surface area contributed by atoms with E-state index in [4.69, 9.17) is 25.8 Å². The molecule has 3 fully saturated rings. The van der Waals surface area contributed by atoms with Gasteiger partial charge in [0.25, 0.3) is 0 Å². The number of morpholine rings is 1. The Morgan fingerprint density at radius 1 is 1.22 bits per heavy atom. The molecule has 3 saturated heterocycles. The van der Waals surface area contributed by atoms with Crippen LogP contribution in [0, 0.1) is 5.82 Å². The van der Waals surface area contributed by atoms with Crippen molar-refractivity contribution in [1.29, 1.82) is 0 Å². The van der Waals surface area contributed by atoms with Crippen LogP contribution in [0.1, 0.15) is 25.7 Å². The number of hydrogen-bond donors (Lipinski definition) is 0. The minimum absolute atomic E-state index is 0.0164. The topological polar surface area (TPSA) is 72.8 Å². The van der Waals surface area contributed by atoms with Gasteiger partial charge in [-0.3, -0.25) is 4.90 Å². The fourth-order valence-electron chi connectivity index (χ4n) is 5.57. The zero-order valence-electron chi connectivity index (χ0n) is 17.5. The van der Waals surface area contributed by atoms with E-state index in [1.54, 1.807) is 0 Å². The van der Waals surface area contributed by atoms with E-state index in [0.717, 1.165) is 19.4 Å². The summed E-state index contributed by atoms with van der Waals surface area (Å²) in [4.78, 5) is 17.4.